The molecule has 0 bridgehead atoms. The number of amides is 1. The molecule has 0 saturated carbocycles. The van der Waals surface area contributed by atoms with Crippen molar-refractivity contribution in [3.05, 3.63) is 40.6 Å². The summed E-state index contributed by atoms with van der Waals surface area (Å²) in [5.74, 6) is -3.57. The number of hydrogen-bond donors (Lipinski definition) is 0. The van der Waals surface area contributed by atoms with Gasteiger partial charge in [0.25, 0.3) is 5.92 Å². The number of carbonyl (C=O) groups excluding carboxylic acids is 1. The Kier molecular flexibility index (Phi) is 3.23. The second-order valence-electron chi connectivity index (χ2n) is 4.88. The standard InChI is InChI=1S/C12H10F3N5O2/c13-8-2-1-3-9(6-8)19-11(22)20(17-16-19)10(21)18-5-4-12(14,15)7-18/h1-3,6H,4-5,7H2. The molecule has 1 saturated heterocycles. The van der Waals surface area contributed by atoms with Crippen LogP contribution in [0.3, 0.4) is 0 Å². The van der Waals surface area contributed by atoms with Gasteiger partial charge in [-0.05, 0) is 28.6 Å². The van der Waals surface area contributed by atoms with Gasteiger partial charge in [0, 0.05) is 13.0 Å². The number of carbonyl (C=O) groups is 1. The SMILES string of the molecule is O=C(N1CCC(F)(F)C1)n1nnn(-c2cccc(F)c2)c1=O. The number of hydrogen-bond acceptors (Lipinski definition) is 4. The minimum absolute atomic E-state index is 0.0794. The van der Waals surface area contributed by atoms with E-state index >= 15 is 0 Å². The minimum atomic E-state index is -2.97. The Morgan fingerprint density at radius 1 is 1.27 bits per heavy atom. The predicted molar refractivity (Wildman–Crippen MR) is 67.5 cm³/mol. The maximum absolute atomic E-state index is 13.2. The van der Waals surface area contributed by atoms with Crippen molar-refractivity contribution in [2.45, 2.75) is 12.3 Å². The van der Waals surface area contributed by atoms with Crippen molar-refractivity contribution in [1.82, 2.24) is 24.7 Å². The Bertz CT molecular complexity index is 785. The summed E-state index contributed by atoms with van der Waals surface area (Å²) >= 11 is 0. The van der Waals surface area contributed by atoms with Crippen LogP contribution in [-0.4, -0.2) is 49.7 Å². The Labute approximate surface area is 121 Å². The molecule has 0 unspecified atom stereocenters. The first-order valence-corrected chi connectivity index (χ1v) is 6.35. The summed E-state index contributed by atoms with van der Waals surface area (Å²) < 4.78 is 40.5. The molecule has 0 radical (unpaired) electrons. The van der Waals surface area contributed by atoms with E-state index in [1.54, 1.807) is 0 Å². The van der Waals surface area contributed by atoms with E-state index in [9.17, 15) is 22.8 Å². The van der Waals surface area contributed by atoms with Gasteiger partial charge < -0.3 is 4.90 Å². The Morgan fingerprint density at radius 3 is 2.68 bits per heavy atom. The zero-order chi connectivity index (χ0) is 15.9. The van der Waals surface area contributed by atoms with Crippen LogP contribution in [0, 0.1) is 5.82 Å². The largest absolute Gasteiger partial charge is 0.377 e. The first kappa shape index (κ1) is 14.3. The fourth-order valence-electron chi connectivity index (χ4n) is 2.17. The third-order valence-corrected chi connectivity index (χ3v) is 3.26. The van der Waals surface area contributed by atoms with E-state index in [1.807, 2.05) is 0 Å². The highest BCUT2D eigenvalue weighted by molar-refractivity contribution is 5.76. The van der Waals surface area contributed by atoms with Crippen LogP contribution in [0.5, 0.6) is 0 Å². The van der Waals surface area contributed by atoms with Crippen LogP contribution in [0.15, 0.2) is 29.1 Å². The Morgan fingerprint density at radius 2 is 2.05 bits per heavy atom. The van der Waals surface area contributed by atoms with Crippen molar-refractivity contribution in [1.29, 1.82) is 0 Å². The number of likely N-dealkylation sites (tertiary alicyclic amines) is 1. The van der Waals surface area contributed by atoms with Crippen LogP contribution < -0.4 is 5.69 Å². The van der Waals surface area contributed by atoms with E-state index < -0.39 is 36.4 Å². The lowest BCUT2D eigenvalue weighted by Gasteiger charge is -2.13. The second kappa shape index (κ2) is 4.97. The van der Waals surface area contributed by atoms with E-state index in [4.69, 9.17) is 0 Å². The molecule has 1 aliphatic rings. The molecule has 1 aromatic heterocycles. The smallest absolute Gasteiger partial charge is 0.316 e. The lowest BCUT2D eigenvalue weighted by Crippen LogP contribution is -2.40. The van der Waals surface area contributed by atoms with Gasteiger partial charge in [-0.25, -0.2) is 22.8 Å². The van der Waals surface area contributed by atoms with Crippen molar-refractivity contribution in [3.63, 3.8) is 0 Å². The summed E-state index contributed by atoms with van der Waals surface area (Å²) in [4.78, 5) is 24.9. The van der Waals surface area contributed by atoms with Crippen molar-refractivity contribution in [3.8, 4) is 5.69 Å². The number of halogens is 3. The highest BCUT2D eigenvalue weighted by Crippen LogP contribution is 2.26. The quantitative estimate of drug-likeness (QED) is 0.733. The molecule has 1 fully saturated rings. The second-order valence-corrected chi connectivity index (χ2v) is 4.88. The van der Waals surface area contributed by atoms with Crippen LogP contribution in [0.2, 0.25) is 0 Å². The monoisotopic (exact) mass is 313 g/mol. The topological polar surface area (TPSA) is 73.0 Å². The van der Waals surface area contributed by atoms with E-state index in [0.29, 0.717) is 4.68 Å². The molecule has 10 heteroatoms. The molecular weight excluding hydrogens is 303 g/mol. The number of tetrazole rings is 1. The average molecular weight is 313 g/mol. The molecule has 1 aromatic carbocycles. The Balaban J connectivity index is 1.91. The first-order valence-electron chi connectivity index (χ1n) is 6.35. The Hall–Kier alpha value is -2.65. The zero-order valence-electron chi connectivity index (χ0n) is 11.1. The molecule has 1 aliphatic heterocycles. The molecule has 2 aromatic rings. The maximum Gasteiger partial charge on any atom is 0.377 e. The summed E-state index contributed by atoms with van der Waals surface area (Å²) in [6.07, 6.45) is -0.467. The molecule has 0 N–H and O–H groups in total. The highest BCUT2D eigenvalue weighted by Gasteiger charge is 2.41. The van der Waals surface area contributed by atoms with Gasteiger partial charge in [0.15, 0.2) is 0 Å². The van der Waals surface area contributed by atoms with E-state index in [2.05, 4.69) is 10.4 Å². The predicted octanol–water partition coefficient (Wildman–Crippen LogP) is 0.877. The average Bonchev–Trinajstić information content (AvgIpc) is 3.01. The third kappa shape index (κ3) is 2.47. The molecule has 116 valence electrons. The number of nitrogens with zero attached hydrogens (tertiary/aromatic N) is 5. The summed E-state index contributed by atoms with van der Waals surface area (Å²) in [5, 5.41) is 6.84. The first-order chi connectivity index (χ1) is 10.4. The van der Waals surface area contributed by atoms with Gasteiger partial charge in [0.05, 0.1) is 12.2 Å². The molecule has 2 heterocycles. The number of benzene rings is 1. The van der Waals surface area contributed by atoms with Crippen molar-refractivity contribution in [2.24, 2.45) is 0 Å². The van der Waals surface area contributed by atoms with Crippen molar-refractivity contribution < 1.29 is 18.0 Å². The normalized spacial score (nSPS) is 17.0. The van der Waals surface area contributed by atoms with Gasteiger partial charge in [-0.3, -0.25) is 0 Å². The van der Waals surface area contributed by atoms with Crippen LogP contribution in [-0.2, 0) is 0 Å². The fourth-order valence-corrected chi connectivity index (χ4v) is 2.17. The van der Waals surface area contributed by atoms with Crippen LogP contribution >= 0.6 is 0 Å². The molecule has 0 spiro atoms. The minimum Gasteiger partial charge on any atom is -0.316 e. The number of alkyl halides is 2. The number of rotatable bonds is 1. The lowest BCUT2D eigenvalue weighted by atomic mass is 10.3. The summed E-state index contributed by atoms with van der Waals surface area (Å²) in [5.41, 5.74) is -0.874. The van der Waals surface area contributed by atoms with Gasteiger partial charge in [-0.1, -0.05) is 6.07 Å². The highest BCUT2D eigenvalue weighted by atomic mass is 19.3. The van der Waals surface area contributed by atoms with Gasteiger partial charge in [0.2, 0.25) is 0 Å². The molecule has 22 heavy (non-hydrogen) atoms. The van der Waals surface area contributed by atoms with Gasteiger partial charge in [-0.2, -0.15) is 4.68 Å². The fraction of sp³-hybridized carbons (Fsp3) is 0.333. The molecule has 0 aliphatic carbocycles. The van der Waals surface area contributed by atoms with Crippen molar-refractivity contribution in [2.75, 3.05) is 13.1 Å². The molecule has 3 rings (SSSR count). The molecule has 7 nitrogen and oxygen atoms in total. The molecular formula is C12H10F3N5O2. The molecule has 1 amide bonds. The third-order valence-electron chi connectivity index (χ3n) is 3.26. The van der Waals surface area contributed by atoms with Gasteiger partial charge >= 0.3 is 11.7 Å². The van der Waals surface area contributed by atoms with Crippen LogP contribution in [0.4, 0.5) is 18.0 Å². The van der Waals surface area contributed by atoms with E-state index in [0.717, 1.165) is 15.6 Å². The number of aromatic nitrogens is 4. The van der Waals surface area contributed by atoms with Gasteiger partial charge in [0.1, 0.15) is 5.82 Å². The van der Waals surface area contributed by atoms with Crippen LogP contribution in [0.25, 0.3) is 5.69 Å². The summed E-state index contributed by atoms with van der Waals surface area (Å²) in [7, 11) is 0. The van der Waals surface area contributed by atoms with Gasteiger partial charge in [-0.15, -0.1) is 4.68 Å². The summed E-state index contributed by atoms with van der Waals surface area (Å²) in [6, 6.07) is 3.99. The van der Waals surface area contributed by atoms with E-state index in [-0.39, 0.29) is 12.2 Å². The van der Waals surface area contributed by atoms with Crippen LogP contribution in [0.1, 0.15) is 6.42 Å². The van der Waals surface area contributed by atoms with Crippen molar-refractivity contribution >= 4 is 6.03 Å². The summed E-state index contributed by atoms with van der Waals surface area (Å²) in [6.45, 7) is -0.948. The lowest BCUT2D eigenvalue weighted by molar-refractivity contribution is 0.0153. The maximum atomic E-state index is 13.2. The van der Waals surface area contributed by atoms with E-state index in [1.165, 1.54) is 18.2 Å². The zero-order valence-corrected chi connectivity index (χ0v) is 11.1. The molecule has 0 atom stereocenters.